The van der Waals surface area contributed by atoms with Crippen molar-refractivity contribution in [1.29, 1.82) is 0 Å². The molecule has 0 unspecified atom stereocenters. The molecule has 2 rings (SSSR count). The molecule has 3 atom stereocenters. The summed E-state index contributed by atoms with van der Waals surface area (Å²) < 4.78 is 9.90. The van der Waals surface area contributed by atoms with Gasteiger partial charge in [0.15, 0.2) is 5.41 Å². The fourth-order valence-electron chi connectivity index (χ4n) is 3.12. The quantitative estimate of drug-likeness (QED) is 0.518. The van der Waals surface area contributed by atoms with Gasteiger partial charge in [-0.3, -0.25) is 9.59 Å². The molecule has 17 heavy (non-hydrogen) atoms. The van der Waals surface area contributed by atoms with E-state index in [9.17, 15) is 9.59 Å². The summed E-state index contributed by atoms with van der Waals surface area (Å²) >= 11 is 0. The number of cyclic esters (lactones) is 1. The van der Waals surface area contributed by atoms with E-state index in [-0.39, 0.29) is 17.3 Å². The topological polar surface area (TPSA) is 52.6 Å². The van der Waals surface area contributed by atoms with E-state index in [0.717, 1.165) is 6.42 Å². The predicted octanol–water partition coefficient (Wildman–Crippen LogP) is 1.77. The van der Waals surface area contributed by atoms with Crippen LogP contribution in [0.15, 0.2) is 0 Å². The maximum Gasteiger partial charge on any atom is 0.323 e. The Morgan fingerprint density at radius 1 is 1.47 bits per heavy atom. The number of carbonyl (C=O) groups is 2. The van der Waals surface area contributed by atoms with Gasteiger partial charge in [-0.15, -0.1) is 0 Å². The van der Waals surface area contributed by atoms with Crippen molar-refractivity contribution in [3.63, 3.8) is 0 Å². The van der Waals surface area contributed by atoms with Gasteiger partial charge < -0.3 is 9.47 Å². The molecule has 1 heterocycles. The number of carbonyl (C=O) groups excluding carboxylic acids is 2. The number of methoxy groups -OCH3 is 1. The Kier molecular flexibility index (Phi) is 2.71. The lowest BCUT2D eigenvalue weighted by Crippen LogP contribution is -2.39. The second-order valence-electron chi connectivity index (χ2n) is 6.26. The van der Waals surface area contributed by atoms with Gasteiger partial charge in [-0.2, -0.15) is 0 Å². The third-order valence-electron chi connectivity index (χ3n) is 4.39. The summed E-state index contributed by atoms with van der Waals surface area (Å²) in [5, 5.41) is 0. The second-order valence-corrected chi connectivity index (χ2v) is 6.26. The first-order valence-electron chi connectivity index (χ1n) is 6.08. The van der Waals surface area contributed by atoms with Crippen LogP contribution >= 0.6 is 0 Å². The minimum atomic E-state index is -1.02. The smallest absolute Gasteiger partial charge is 0.323 e. The van der Waals surface area contributed by atoms with E-state index in [1.165, 1.54) is 7.11 Å². The van der Waals surface area contributed by atoms with Gasteiger partial charge in [0.1, 0.15) is 0 Å². The molecule has 1 saturated heterocycles. The Morgan fingerprint density at radius 3 is 2.65 bits per heavy atom. The van der Waals surface area contributed by atoms with Crippen LogP contribution in [0.1, 0.15) is 33.6 Å². The molecular weight excluding hydrogens is 220 g/mol. The van der Waals surface area contributed by atoms with E-state index < -0.39 is 11.4 Å². The number of fused-ring (bicyclic) bond motifs is 1. The van der Waals surface area contributed by atoms with Crippen LogP contribution in [0.2, 0.25) is 0 Å². The van der Waals surface area contributed by atoms with Crippen LogP contribution in [0.4, 0.5) is 0 Å². The summed E-state index contributed by atoms with van der Waals surface area (Å²) in [6.07, 6.45) is 1.43. The van der Waals surface area contributed by atoms with Crippen molar-refractivity contribution in [3.8, 4) is 0 Å². The zero-order valence-corrected chi connectivity index (χ0v) is 10.9. The Bertz CT molecular complexity index is 355. The largest absolute Gasteiger partial charge is 0.468 e. The lowest BCUT2D eigenvalue weighted by Gasteiger charge is -2.28. The normalized spacial score (nSPS) is 36.6. The van der Waals surface area contributed by atoms with Gasteiger partial charge in [0.05, 0.1) is 13.7 Å². The lowest BCUT2D eigenvalue weighted by atomic mass is 9.76. The molecule has 1 aliphatic heterocycles. The summed E-state index contributed by atoms with van der Waals surface area (Å²) in [6.45, 7) is 6.81. The number of ether oxygens (including phenoxy) is 2. The molecule has 1 aliphatic carbocycles. The summed E-state index contributed by atoms with van der Waals surface area (Å²) in [4.78, 5) is 23.9. The van der Waals surface area contributed by atoms with Crippen LogP contribution in [0.25, 0.3) is 0 Å². The minimum Gasteiger partial charge on any atom is -0.468 e. The maximum atomic E-state index is 12.0. The molecule has 0 bridgehead atoms. The lowest BCUT2D eigenvalue weighted by molar-refractivity contribution is -0.164. The highest BCUT2D eigenvalue weighted by molar-refractivity contribution is 6.02. The van der Waals surface area contributed by atoms with E-state index >= 15 is 0 Å². The Labute approximate surface area is 102 Å². The zero-order valence-electron chi connectivity index (χ0n) is 10.9. The molecule has 0 aromatic rings. The van der Waals surface area contributed by atoms with E-state index in [2.05, 4.69) is 20.8 Å². The molecule has 0 aromatic heterocycles. The Balaban J connectivity index is 2.33. The van der Waals surface area contributed by atoms with Crippen LogP contribution in [0.5, 0.6) is 0 Å². The standard InChI is InChI=1S/C13H20O4/c1-12(2,3)8-5-9-7-17-11(15)13(9,6-8)10(14)16-4/h8-9H,5-7H2,1-4H3/t8-,9-,13-/m0/s1. The van der Waals surface area contributed by atoms with E-state index in [1.54, 1.807) is 0 Å². The number of hydrogen-bond acceptors (Lipinski definition) is 4. The fraction of sp³-hybridized carbons (Fsp3) is 0.846. The first kappa shape index (κ1) is 12.4. The van der Waals surface area contributed by atoms with Gasteiger partial charge in [0, 0.05) is 5.92 Å². The van der Waals surface area contributed by atoms with Gasteiger partial charge in [-0.1, -0.05) is 20.8 Å². The maximum absolute atomic E-state index is 12.0. The van der Waals surface area contributed by atoms with Crippen molar-refractivity contribution < 1.29 is 19.1 Å². The monoisotopic (exact) mass is 240 g/mol. The first-order valence-corrected chi connectivity index (χ1v) is 6.08. The molecule has 1 saturated carbocycles. The highest BCUT2D eigenvalue weighted by atomic mass is 16.6. The molecule has 0 radical (unpaired) electrons. The molecule has 0 aromatic carbocycles. The van der Waals surface area contributed by atoms with E-state index in [0.29, 0.717) is 18.9 Å². The number of rotatable bonds is 1. The van der Waals surface area contributed by atoms with Crippen molar-refractivity contribution in [2.45, 2.75) is 33.6 Å². The molecule has 2 fully saturated rings. The first-order chi connectivity index (χ1) is 7.82. The van der Waals surface area contributed by atoms with Gasteiger partial charge in [-0.05, 0) is 24.2 Å². The van der Waals surface area contributed by atoms with Gasteiger partial charge >= 0.3 is 11.9 Å². The zero-order chi connectivity index (χ0) is 12.8. The molecule has 0 spiro atoms. The van der Waals surface area contributed by atoms with Crippen LogP contribution in [-0.4, -0.2) is 25.7 Å². The van der Waals surface area contributed by atoms with Crippen molar-refractivity contribution in [3.05, 3.63) is 0 Å². The molecule has 2 aliphatic rings. The average Bonchev–Trinajstić information content (AvgIpc) is 2.76. The molecule has 4 heteroatoms. The molecular formula is C13H20O4. The van der Waals surface area contributed by atoms with Crippen molar-refractivity contribution >= 4 is 11.9 Å². The third kappa shape index (κ3) is 1.65. The molecule has 96 valence electrons. The summed E-state index contributed by atoms with van der Waals surface area (Å²) in [5.74, 6) is -0.455. The SMILES string of the molecule is COC(=O)[C@]12C[C@@H](C(C)(C)C)C[C@H]1COC2=O. The highest BCUT2D eigenvalue weighted by Gasteiger charge is 2.64. The summed E-state index contributed by atoms with van der Waals surface area (Å²) in [6, 6.07) is 0. The second kappa shape index (κ2) is 3.72. The molecule has 4 nitrogen and oxygen atoms in total. The number of hydrogen-bond donors (Lipinski definition) is 0. The number of esters is 2. The van der Waals surface area contributed by atoms with Crippen molar-refractivity contribution in [2.24, 2.45) is 22.7 Å². The van der Waals surface area contributed by atoms with Crippen LogP contribution in [0, 0.1) is 22.7 Å². The van der Waals surface area contributed by atoms with Crippen molar-refractivity contribution in [1.82, 2.24) is 0 Å². The van der Waals surface area contributed by atoms with Crippen LogP contribution < -0.4 is 0 Å². The molecule has 0 amide bonds. The van der Waals surface area contributed by atoms with Crippen molar-refractivity contribution in [2.75, 3.05) is 13.7 Å². The van der Waals surface area contributed by atoms with Gasteiger partial charge in [-0.25, -0.2) is 0 Å². The Morgan fingerprint density at radius 2 is 2.12 bits per heavy atom. The van der Waals surface area contributed by atoms with Gasteiger partial charge in [0.2, 0.25) is 0 Å². The minimum absolute atomic E-state index is 0.00771. The Hall–Kier alpha value is -1.06. The predicted molar refractivity (Wildman–Crippen MR) is 61.1 cm³/mol. The summed E-state index contributed by atoms with van der Waals surface area (Å²) in [5.41, 5.74) is -0.918. The van der Waals surface area contributed by atoms with E-state index in [1.807, 2.05) is 0 Å². The van der Waals surface area contributed by atoms with Gasteiger partial charge in [0.25, 0.3) is 0 Å². The highest BCUT2D eigenvalue weighted by Crippen LogP contribution is 2.56. The fourth-order valence-corrected chi connectivity index (χ4v) is 3.12. The van der Waals surface area contributed by atoms with Crippen LogP contribution in [-0.2, 0) is 19.1 Å². The van der Waals surface area contributed by atoms with E-state index in [4.69, 9.17) is 9.47 Å². The molecule has 0 N–H and O–H groups in total. The third-order valence-corrected chi connectivity index (χ3v) is 4.39. The van der Waals surface area contributed by atoms with Crippen LogP contribution in [0.3, 0.4) is 0 Å². The average molecular weight is 240 g/mol. The summed E-state index contributed by atoms with van der Waals surface area (Å²) in [7, 11) is 1.34.